The number of hydrogen-bond donors (Lipinski definition) is 2. The summed E-state index contributed by atoms with van der Waals surface area (Å²) in [5, 5.41) is 12.4. The van der Waals surface area contributed by atoms with E-state index in [1.54, 1.807) is 11.8 Å². The number of amides is 2. The fraction of sp³-hybridized carbons (Fsp3) is 0.933. The van der Waals surface area contributed by atoms with Crippen LogP contribution in [0.2, 0.25) is 0 Å². The topological polar surface area (TPSA) is 55.8 Å². The SMILES string of the molecule is CC(O)C1CCN(C(=O)NCC2CCN(CC(F)(F)F)C2)CC1. The van der Waals surface area contributed by atoms with Gasteiger partial charge in [-0.2, -0.15) is 13.2 Å². The number of halogens is 3. The van der Waals surface area contributed by atoms with E-state index in [1.165, 1.54) is 4.90 Å². The molecule has 0 aromatic heterocycles. The molecule has 0 saturated carbocycles. The Morgan fingerprint density at radius 2 is 1.91 bits per heavy atom. The lowest BCUT2D eigenvalue weighted by Gasteiger charge is -2.33. The van der Waals surface area contributed by atoms with Gasteiger partial charge in [-0.05, 0) is 44.6 Å². The maximum Gasteiger partial charge on any atom is 0.401 e. The molecule has 0 spiro atoms. The van der Waals surface area contributed by atoms with Crippen LogP contribution in [0.3, 0.4) is 0 Å². The van der Waals surface area contributed by atoms with Gasteiger partial charge in [0, 0.05) is 26.2 Å². The van der Waals surface area contributed by atoms with Crippen molar-refractivity contribution in [3.8, 4) is 0 Å². The fourth-order valence-electron chi connectivity index (χ4n) is 3.41. The van der Waals surface area contributed by atoms with Gasteiger partial charge in [0.1, 0.15) is 0 Å². The van der Waals surface area contributed by atoms with Crippen LogP contribution in [0.15, 0.2) is 0 Å². The third kappa shape index (κ3) is 5.84. The van der Waals surface area contributed by atoms with E-state index in [9.17, 15) is 23.1 Å². The van der Waals surface area contributed by atoms with Crippen LogP contribution in [-0.2, 0) is 0 Å². The summed E-state index contributed by atoms with van der Waals surface area (Å²) in [5.41, 5.74) is 0. The number of carbonyl (C=O) groups excluding carboxylic acids is 1. The first-order valence-electron chi connectivity index (χ1n) is 8.24. The van der Waals surface area contributed by atoms with Crippen LogP contribution in [-0.4, -0.2) is 72.5 Å². The highest BCUT2D eigenvalue weighted by molar-refractivity contribution is 5.74. The second-order valence-corrected chi connectivity index (χ2v) is 6.76. The van der Waals surface area contributed by atoms with Gasteiger partial charge in [-0.1, -0.05) is 0 Å². The molecule has 2 saturated heterocycles. The lowest BCUT2D eigenvalue weighted by Crippen LogP contribution is -2.47. The normalized spacial score (nSPS) is 25.6. The zero-order valence-electron chi connectivity index (χ0n) is 13.5. The van der Waals surface area contributed by atoms with Gasteiger partial charge in [0.15, 0.2) is 0 Å². The van der Waals surface area contributed by atoms with E-state index in [0.29, 0.717) is 39.1 Å². The predicted molar refractivity (Wildman–Crippen MR) is 80.0 cm³/mol. The lowest BCUT2D eigenvalue weighted by atomic mass is 9.92. The van der Waals surface area contributed by atoms with Crippen molar-refractivity contribution in [1.29, 1.82) is 0 Å². The van der Waals surface area contributed by atoms with Crippen molar-refractivity contribution in [2.75, 3.05) is 39.3 Å². The van der Waals surface area contributed by atoms with Gasteiger partial charge in [0.2, 0.25) is 0 Å². The van der Waals surface area contributed by atoms with Gasteiger partial charge in [-0.25, -0.2) is 4.79 Å². The van der Waals surface area contributed by atoms with Crippen molar-refractivity contribution in [1.82, 2.24) is 15.1 Å². The molecule has 0 bridgehead atoms. The first-order chi connectivity index (χ1) is 10.7. The highest BCUT2D eigenvalue weighted by Gasteiger charge is 2.34. The molecule has 2 unspecified atom stereocenters. The monoisotopic (exact) mass is 337 g/mol. The summed E-state index contributed by atoms with van der Waals surface area (Å²) in [6.45, 7) is 3.36. The minimum absolute atomic E-state index is 0.0799. The number of urea groups is 1. The maximum atomic E-state index is 12.3. The summed E-state index contributed by atoms with van der Waals surface area (Å²) < 4.78 is 37.0. The molecule has 2 aliphatic rings. The molecule has 2 atom stereocenters. The maximum absolute atomic E-state index is 12.3. The molecule has 23 heavy (non-hydrogen) atoms. The number of likely N-dealkylation sites (tertiary alicyclic amines) is 2. The Labute approximate surface area is 134 Å². The molecule has 2 heterocycles. The highest BCUT2D eigenvalue weighted by Crippen LogP contribution is 2.23. The third-order valence-electron chi connectivity index (χ3n) is 4.82. The highest BCUT2D eigenvalue weighted by atomic mass is 19.4. The van der Waals surface area contributed by atoms with Crippen LogP contribution in [0.1, 0.15) is 26.2 Å². The van der Waals surface area contributed by atoms with Crippen LogP contribution in [0, 0.1) is 11.8 Å². The molecular formula is C15H26F3N3O2. The number of carbonyl (C=O) groups is 1. The van der Waals surface area contributed by atoms with E-state index in [2.05, 4.69) is 5.32 Å². The third-order valence-corrected chi connectivity index (χ3v) is 4.82. The molecule has 5 nitrogen and oxygen atoms in total. The minimum atomic E-state index is -4.16. The molecule has 134 valence electrons. The Balaban J connectivity index is 1.66. The number of rotatable bonds is 4. The summed E-state index contributed by atoms with van der Waals surface area (Å²) in [6, 6.07) is -0.150. The second-order valence-electron chi connectivity index (χ2n) is 6.76. The van der Waals surface area contributed by atoms with E-state index < -0.39 is 12.7 Å². The van der Waals surface area contributed by atoms with E-state index in [4.69, 9.17) is 0 Å². The Morgan fingerprint density at radius 1 is 1.26 bits per heavy atom. The summed E-state index contributed by atoms with van der Waals surface area (Å²) in [4.78, 5) is 15.2. The zero-order valence-corrected chi connectivity index (χ0v) is 13.5. The zero-order chi connectivity index (χ0) is 17.0. The van der Waals surface area contributed by atoms with Crippen molar-refractivity contribution in [3.63, 3.8) is 0 Å². The summed E-state index contributed by atoms with van der Waals surface area (Å²) in [7, 11) is 0. The van der Waals surface area contributed by atoms with Crippen LogP contribution in [0.4, 0.5) is 18.0 Å². The molecule has 0 aromatic carbocycles. The van der Waals surface area contributed by atoms with Crippen LogP contribution < -0.4 is 5.32 Å². The standard InChI is InChI=1S/C15H26F3N3O2/c1-11(22)13-3-6-21(7-4-13)14(23)19-8-12-2-5-20(9-12)10-15(16,17)18/h11-13,22H,2-10H2,1H3,(H,19,23). The summed E-state index contributed by atoms with van der Waals surface area (Å²) in [5.74, 6) is 0.320. The first kappa shape index (κ1) is 18.3. The molecule has 2 aliphatic heterocycles. The molecule has 8 heteroatoms. The van der Waals surface area contributed by atoms with E-state index in [1.807, 2.05) is 0 Å². The molecule has 2 amide bonds. The number of aliphatic hydroxyl groups excluding tert-OH is 1. The quantitative estimate of drug-likeness (QED) is 0.821. The number of nitrogens with zero attached hydrogens (tertiary/aromatic N) is 2. The number of aliphatic hydroxyl groups is 1. The number of hydrogen-bond acceptors (Lipinski definition) is 3. The van der Waals surface area contributed by atoms with Gasteiger partial charge in [0.25, 0.3) is 0 Å². The van der Waals surface area contributed by atoms with Crippen molar-refractivity contribution < 1.29 is 23.1 Å². The Morgan fingerprint density at radius 3 is 2.48 bits per heavy atom. The molecule has 2 rings (SSSR count). The Bertz CT molecular complexity index is 396. The largest absolute Gasteiger partial charge is 0.401 e. The van der Waals surface area contributed by atoms with Gasteiger partial charge in [0.05, 0.1) is 12.6 Å². The van der Waals surface area contributed by atoms with Crippen molar-refractivity contribution in [2.24, 2.45) is 11.8 Å². The molecule has 0 radical (unpaired) electrons. The number of nitrogens with one attached hydrogen (secondary N) is 1. The van der Waals surface area contributed by atoms with E-state index in [-0.39, 0.29) is 24.0 Å². The van der Waals surface area contributed by atoms with Gasteiger partial charge in [-0.3, -0.25) is 4.90 Å². The number of alkyl halides is 3. The van der Waals surface area contributed by atoms with Crippen LogP contribution in [0.5, 0.6) is 0 Å². The fourth-order valence-corrected chi connectivity index (χ4v) is 3.41. The first-order valence-corrected chi connectivity index (χ1v) is 8.24. The van der Waals surface area contributed by atoms with Crippen LogP contribution >= 0.6 is 0 Å². The van der Waals surface area contributed by atoms with Gasteiger partial charge >= 0.3 is 12.2 Å². The molecule has 2 fully saturated rings. The number of piperidine rings is 1. The molecule has 0 aliphatic carbocycles. The smallest absolute Gasteiger partial charge is 0.393 e. The molecule has 2 N–H and O–H groups in total. The van der Waals surface area contributed by atoms with Crippen LogP contribution in [0.25, 0.3) is 0 Å². The second kappa shape index (κ2) is 7.70. The summed E-state index contributed by atoms with van der Waals surface area (Å²) >= 11 is 0. The van der Waals surface area contributed by atoms with Gasteiger partial charge < -0.3 is 15.3 Å². The van der Waals surface area contributed by atoms with E-state index >= 15 is 0 Å². The Hall–Kier alpha value is -1.02. The molecular weight excluding hydrogens is 311 g/mol. The minimum Gasteiger partial charge on any atom is -0.393 e. The van der Waals surface area contributed by atoms with E-state index in [0.717, 1.165) is 12.8 Å². The molecule has 0 aromatic rings. The summed E-state index contributed by atoms with van der Waals surface area (Å²) in [6.07, 6.45) is -2.26. The van der Waals surface area contributed by atoms with Crippen molar-refractivity contribution in [3.05, 3.63) is 0 Å². The predicted octanol–water partition coefficient (Wildman–Crippen LogP) is 1.67. The van der Waals surface area contributed by atoms with Crippen molar-refractivity contribution >= 4 is 6.03 Å². The lowest BCUT2D eigenvalue weighted by molar-refractivity contribution is -0.143. The Kier molecular flexibility index (Phi) is 6.13. The average molecular weight is 337 g/mol. The average Bonchev–Trinajstić information content (AvgIpc) is 2.90. The van der Waals surface area contributed by atoms with Crippen molar-refractivity contribution in [2.45, 2.75) is 38.5 Å². The van der Waals surface area contributed by atoms with Gasteiger partial charge in [-0.15, -0.1) is 0 Å².